The zero-order valence-electron chi connectivity index (χ0n) is 18.8. The predicted octanol–water partition coefficient (Wildman–Crippen LogP) is 6.64. The molecule has 0 unspecified atom stereocenters. The van der Waals surface area contributed by atoms with Gasteiger partial charge in [0.1, 0.15) is 0 Å². The molecule has 0 saturated carbocycles. The number of hydrogen-bond donors (Lipinski definition) is 1. The molecule has 0 bridgehead atoms. The number of para-hydroxylation sites is 2. The van der Waals surface area contributed by atoms with Crippen LogP contribution in [-0.2, 0) is 11.8 Å². The highest BCUT2D eigenvalue weighted by Crippen LogP contribution is 2.38. The summed E-state index contributed by atoms with van der Waals surface area (Å²) in [5.41, 5.74) is 5.93. The van der Waals surface area contributed by atoms with Crippen molar-refractivity contribution in [2.75, 3.05) is 11.9 Å². The molecule has 2 aromatic carbocycles. The lowest BCUT2D eigenvalue weighted by atomic mass is 9.99. The van der Waals surface area contributed by atoms with Crippen LogP contribution in [0.5, 0.6) is 5.88 Å². The molecule has 1 aliphatic rings. The highest BCUT2D eigenvalue weighted by molar-refractivity contribution is 6.35. The summed E-state index contributed by atoms with van der Waals surface area (Å²) in [6.45, 7) is 4.03. The van der Waals surface area contributed by atoms with Crippen LogP contribution in [0.25, 0.3) is 22.6 Å². The summed E-state index contributed by atoms with van der Waals surface area (Å²) in [5, 5.41) is 12.3. The second-order valence-electron chi connectivity index (χ2n) is 8.17. The Hall–Kier alpha value is -3.24. The van der Waals surface area contributed by atoms with E-state index in [1.165, 1.54) is 0 Å². The monoisotopic (exact) mass is 446 g/mol. The molecular weight excluding hydrogens is 420 g/mol. The molecule has 0 fully saturated rings. The molecule has 1 N–H and O–H groups in total. The minimum atomic E-state index is -0.0300. The fourth-order valence-corrected chi connectivity index (χ4v) is 4.52. The fraction of sp³-hybridized carbons (Fsp3) is 0.222. The van der Waals surface area contributed by atoms with E-state index in [1.807, 2.05) is 74.7 Å². The second-order valence-corrected chi connectivity index (χ2v) is 8.55. The molecule has 1 aromatic heterocycles. The standard InChI is InChI=1S/C27H27ClN2O2/c1-5-10-18(16-22-20-12-7-9-14-24(20)30(4)27(22)32)25(28)17(2)15-21-19-11-6-8-13-23(19)29(3)26(21)31/h6-9,11-16,31H,5,10H2,1-4H3. The van der Waals surface area contributed by atoms with Gasteiger partial charge in [-0.3, -0.25) is 4.79 Å². The first-order valence-electron chi connectivity index (χ1n) is 10.8. The Balaban J connectivity index is 1.83. The maximum Gasteiger partial charge on any atom is 0.258 e. The van der Waals surface area contributed by atoms with Crippen LogP contribution in [0.15, 0.2) is 70.8 Å². The molecule has 4 nitrogen and oxygen atoms in total. The second kappa shape index (κ2) is 8.71. The number of anilines is 1. The van der Waals surface area contributed by atoms with Crippen LogP contribution in [0, 0.1) is 0 Å². The van der Waals surface area contributed by atoms with Gasteiger partial charge < -0.3 is 14.6 Å². The number of nitrogens with zero attached hydrogens (tertiary/aromatic N) is 2. The number of likely N-dealkylation sites (N-methyl/N-ethyl adjacent to an activating group) is 1. The smallest absolute Gasteiger partial charge is 0.258 e. The number of aromatic nitrogens is 1. The van der Waals surface area contributed by atoms with E-state index in [9.17, 15) is 9.90 Å². The highest BCUT2D eigenvalue weighted by atomic mass is 35.5. The number of halogens is 1. The molecule has 32 heavy (non-hydrogen) atoms. The number of amides is 1. The van der Waals surface area contributed by atoms with Crippen LogP contribution in [0.3, 0.4) is 0 Å². The van der Waals surface area contributed by atoms with Crippen molar-refractivity contribution in [3.05, 3.63) is 81.9 Å². The lowest BCUT2D eigenvalue weighted by Crippen LogP contribution is -2.20. The van der Waals surface area contributed by atoms with Gasteiger partial charge in [-0.15, -0.1) is 0 Å². The summed E-state index contributed by atoms with van der Waals surface area (Å²) in [4.78, 5) is 14.6. The quantitative estimate of drug-likeness (QED) is 0.352. The summed E-state index contributed by atoms with van der Waals surface area (Å²) >= 11 is 6.88. The van der Waals surface area contributed by atoms with E-state index in [1.54, 1.807) is 16.5 Å². The van der Waals surface area contributed by atoms with E-state index in [0.29, 0.717) is 10.6 Å². The molecule has 4 rings (SSSR count). The van der Waals surface area contributed by atoms with E-state index < -0.39 is 0 Å². The van der Waals surface area contributed by atoms with Crippen molar-refractivity contribution in [1.82, 2.24) is 4.57 Å². The number of rotatable bonds is 5. The molecule has 0 atom stereocenters. The van der Waals surface area contributed by atoms with Crippen LogP contribution in [-0.4, -0.2) is 22.6 Å². The molecule has 0 aliphatic carbocycles. The predicted molar refractivity (Wildman–Crippen MR) is 134 cm³/mol. The van der Waals surface area contributed by atoms with Gasteiger partial charge in [0.15, 0.2) is 5.88 Å². The van der Waals surface area contributed by atoms with Crippen LogP contribution in [0.2, 0.25) is 0 Å². The van der Waals surface area contributed by atoms with Gasteiger partial charge in [-0.2, -0.15) is 0 Å². The van der Waals surface area contributed by atoms with Crippen LogP contribution < -0.4 is 4.90 Å². The number of hydrogen-bond acceptors (Lipinski definition) is 2. The molecule has 164 valence electrons. The van der Waals surface area contributed by atoms with Crippen molar-refractivity contribution in [1.29, 1.82) is 0 Å². The lowest BCUT2D eigenvalue weighted by Gasteiger charge is -2.09. The minimum Gasteiger partial charge on any atom is -0.494 e. The third-order valence-electron chi connectivity index (χ3n) is 6.03. The van der Waals surface area contributed by atoms with Crippen molar-refractivity contribution in [3.63, 3.8) is 0 Å². The number of aryl methyl sites for hydroxylation is 1. The average molecular weight is 447 g/mol. The highest BCUT2D eigenvalue weighted by Gasteiger charge is 2.29. The van der Waals surface area contributed by atoms with Gasteiger partial charge in [0.25, 0.3) is 5.91 Å². The van der Waals surface area contributed by atoms with Crippen molar-refractivity contribution < 1.29 is 9.90 Å². The van der Waals surface area contributed by atoms with Gasteiger partial charge in [-0.05, 0) is 48.8 Å². The maximum atomic E-state index is 12.9. The summed E-state index contributed by atoms with van der Waals surface area (Å²) in [6.07, 6.45) is 5.49. The third kappa shape index (κ3) is 3.65. The summed E-state index contributed by atoms with van der Waals surface area (Å²) < 4.78 is 1.77. The van der Waals surface area contributed by atoms with Crippen LogP contribution >= 0.6 is 11.6 Å². The molecule has 2 heterocycles. The first-order valence-corrected chi connectivity index (χ1v) is 11.2. The van der Waals surface area contributed by atoms with Crippen molar-refractivity contribution in [3.8, 4) is 5.88 Å². The van der Waals surface area contributed by atoms with E-state index in [2.05, 4.69) is 6.92 Å². The molecule has 0 saturated heterocycles. The first-order chi connectivity index (χ1) is 15.3. The molecule has 5 heteroatoms. The van der Waals surface area contributed by atoms with Gasteiger partial charge in [0, 0.05) is 41.2 Å². The van der Waals surface area contributed by atoms with Crippen molar-refractivity contribution in [2.45, 2.75) is 26.7 Å². The van der Waals surface area contributed by atoms with E-state index >= 15 is 0 Å². The van der Waals surface area contributed by atoms with Gasteiger partial charge in [0.05, 0.1) is 11.2 Å². The normalized spacial score (nSPS) is 16.2. The number of fused-ring (bicyclic) bond motifs is 2. The zero-order valence-corrected chi connectivity index (χ0v) is 19.6. The Morgan fingerprint density at radius 2 is 1.78 bits per heavy atom. The van der Waals surface area contributed by atoms with Crippen molar-refractivity contribution >= 4 is 45.7 Å². The Kier molecular flexibility index (Phi) is 5.98. The van der Waals surface area contributed by atoms with Gasteiger partial charge in [-0.25, -0.2) is 0 Å². The number of carbonyl (C=O) groups excluding carboxylic acids is 1. The fourth-order valence-electron chi connectivity index (χ4n) is 4.31. The number of aromatic hydroxyl groups is 1. The van der Waals surface area contributed by atoms with E-state index in [4.69, 9.17) is 11.6 Å². The third-order valence-corrected chi connectivity index (χ3v) is 6.57. The topological polar surface area (TPSA) is 45.5 Å². The van der Waals surface area contributed by atoms with Crippen LogP contribution in [0.4, 0.5) is 5.69 Å². The van der Waals surface area contributed by atoms with E-state index in [0.717, 1.165) is 51.7 Å². The molecule has 0 spiro atoms. The first kappa shape index (κ1) is 22.0. The summed E-state index contributed by atoms with van der Waals surface area (Å²) in [7, 11) is 3.63. The lowest BCUT2D eigenvalue weighted by molar-refractivity contribution is -0.112. The number of allylic oxidation sites excluding steroid dienone is 4. The Morgan fingerprint density at radius 3 is 2.53 bits per heavy atom. The molecule has 0 radical (unpaired) electrons. The SMILES string of the molecule is CCCC(C=C1C(=O)N(C)c2ccccc21)=C(Cl)C(C)=Cc1c(O)n(C)c2ccccc12. The zero-order chi connectivity index (χ0) is 23.0. The molecular formula is C27H27ClN2O2. The Morgan fingerprint density at radius 1 is 1.09 bits per heavy atom. The average Bonchev–Trinajstić information content (AvgIpc) is 3.19. The summed E-state index contributed by atoms with van der Waals surface area (Å²) in [5.74, 6) is 0.171. The van der Waals surface area contributed by atoms with E-state index in [-0.39, 0.29) is 11.8 Å². The number of benzene rings is 2. The molecule has 1 amide bonds. The van der Waals surface area contributed by atoms with Crippen LogP contribution in [0.1, 0.15) is 37.8 Å². The number of carbonyl (C=O) groups is 1. The maximum absolute atomic E-state index is 12.9. The molecule has 1 aliphatic heterocycles. The summed E-state index contributed by atoms with van der Waals surface area (Å²) in [6, 6.07) is 15.7. The Labute approximate surface area is 193 Å². The minimum absolute atomic E-state index is 0.0300. The largest absolute Gasteiger partial charge is 0.494 e. The van der Waals surface area contributed by atoms with Gasteiger partial charge in [-0.1, -0.05) is 61.3 Å². The van der Waals surface area contributed by atoms with Crippen molar-refractivity contribution in [2.24, 2.45) is 7.05 Å². The van der Waals surface area contributed by atoms with Gasteiger partial charge >= 0.3 is 0 Å². The van der Waals surface area contributed by atoms with Gasteiger partial charge in [0.2, 0.25) is 0 Å². The Bertz CT molecular complexity index is 1310. The molecule has 3 aromatic rings.